The SMILES string of the molecule is CC1(C)NC(=O)N(CCC(COc2ccc(-c3ccc(OC(F)(F)F)cc3)cc2)N(O)C=O)C1=O. The van der Waals surface area contributed by atoms with Gasteiger partial charge in [-0.15, -0.1) is 13.2 Å². The van der Waals surface area contributed by atoms with Gasteiger partial charge in [0.15, 0.2) is 0 Å². The molecule has 12 heteroatoms. The van der Waals surface area contributed by atoms with Crippen molar-refractivity contribution in [1.29, 1.82) is 0 Å². The number of alkyl halides is 3. The zero-order chi connectivity index (χ0) is 25.8. The Morgan fingerprint density at radius 3 is 2.06 bits per heavy atom. The van der Waals surface area contributed by atoms with Crippen LogP contribution in [0.1, 0.15) is 20.3 Å². The number of halogens is 3. The molecule has 1 saturated heterocycles. The van der Waals surface area contributed by atoms with Crippen LogP contribution in [0.15, 0.2) is 48.5 Å². The lowest BCUT2D eigenvalue weighted by atomic mass is 10.1. The Hall–Kier alpha value is -3.80. The van der Waals surface area contributed by atoms with Gasteiger partial charge in [0.1, 0.15) is 23.6 Å². The minimum absolute atomic E-state index is 0.0278. The standard InChI is InChI=1S/C23H24F3N3O6/c1-22(2)20(31)28(21(32)27-22)12-11-17(29(33)14-30)13-34-18-7-3-15(4-8-18)16-5-9-19(10-6-16)35-23(24,25)26/h3-10,14,17,33H,11-13H2,1-2H3,(H,27,32). The molecule has 1 aliphatic heterocycles. The molecule has 0 aliphatic carbocycles. The first-order chi connectivity index (χ1) is 16.4. The summed E-state index contributed by atoms with van der Waals surface area (Å²) in [6.45, 7) is 3.00. The number of benzene rings is 2. The lowest BCUT2D eigenvalue weighted by Gasteiger charge is -2.24. The van der Waals surface area contributed by atoms with Crippen LogP contribution in [0, 0.1) is 0 Å². The van der Waals surface area contributed by atoms with E-state index in [1.807, 2.05) is 0 Å². The van der Waals surface area contributed by atoms with Gasteiger partial charge in [-0.05, 0) is 55.7 Å². The van der Waals surface area contributed by atoms with E-state index in [2.05, 4.69) is 10.1 Å². The van der Waals surface area contributed by atoms with Crippen molar-refractivity contribution in [1.82, 2.24) is 15.3 Å². The molecule has 1 aliphatic rings. The van der Waals surface area contributed by atoms with Gasteiger partial charge in [0, 0.05) is 6.54 Å². The van der Waals surface area contributed by atoms with Gasteiger partial charge in [0.25, 0.3) is 5.91 Å². The monoisotopic (exact) mass is 495 g/mol. The topological polar surface area (TPSA) is 108 Å². The number of hydrogen-bond acceptors (Lipinski definition) is 6. The summed E-state index contributed by atoms with van der Waals surface area (Å²) < 4.78 is 46.4. The van der Waals surface area contributed by atoms with E-state index in [-0.39, 0.29) is 31.7 Å². The number of carbonyl (C=O) groups is 3. The van der Waals surface area contributed by atoms with Gasteiger partial charge in [0.2, 0.25) is 6.41 Å². The summed E-state index contributed by atoms with van der Waals surface area (Å²) in [5.41, 5.74) is 0.341. The van der Waals surface area contributed by atoms with Crippen LogP contribution in [0.4, 0.5) is 18.0 Å². The Morgan fingerprint density at radius 2 is 1.60 bits per heavy atom. The Balaban J connectivity index is 1.59. The minimum Gasteiger partial charge on any atom is -0.491 e. The largest absolute Gasteiger partial charge is 0.573 e. The summed E-state index contributed by atoms with van der Waals surface area (Å²) in [6, 6.07) is 10.6. The van der Waals surface area contributed by atoms with Gasteiger partial charge in [-0.3, -0.25) is 19.7 Å². The van der Waals surface area contributed by atoms with Crippen molar-refractivity contribution in [2.75, 3.05) is 13.2 Å². The van der Waals surface area contributed by atoms with E-state index < -0.39 is 29.9 Å². The van der Waals surface area contributed by atoms with Crippen LogP contribution in [0.5, 0.6) is 11.5 Å². The molecular formula is C23H24F3N3O6. The number of ether oxygens (including phenoxy) is 2. The molecule has 2 aromatic carbocycles. The lowest BCUT2D eigenvalue weighted by molar-refractivity contribution is -0.274. The lowest BCUT2D eigenvalue weighted by Crippen LogP contribution is -2.42. The molecule has 2 aromatic rings. The number of hydroxylamine groups is 2. The number of nitrogens with one attached hydrogen (secondary N) is 1. The second kappa shape index (κ2) is 10.2. The highest BCUT2D eigenvalue weighted by molar-refractivity contribution is 6.06. The molecule has 1 fully saturated rings. The van der Waals surface area contributed by atoms with Crippen molar-refractivity contribution >= 4 is 18.3 Å². The summed E-state index contributed by atoms with van der Waals surface area (Å²) in [5.74, 6) is -0.329. The van der Waals surface area contributed by atoms with E-state index in [0.29, 0.717) is 21.9 Å². The Kier molecular flexibility index (Phi) is 7.54. The third-order valence-electron chi connectivity index (χ3n) is 5.33. The molecule has 0 radical (unpaired) electrons. The van der Waals surface area contributed by atoms with Gasteiger partial charge in [-0.25, -0.2) is 9.86 Å². The van der Waals surface area contributed by atoms with Gasteiger partial charge in [-0.1, -0.05) is 24.3 Å². The molecule has 0 aromatic heterocycles. The van der Waals surface area contributed by atoms with E-state index >= 15 is 0 Å². The summed E-state index contributed by atoms with van der Waals surface area (Å²) in [6.07, 6.45) is -4.48. The third kappa shape index (κ3) is 6.63. The molecular weight excluding hydrogens is 471 g/mol. The Morgan fingerprint density at radius 1 is 1.06 bits per heavy atom. The summed E-state index contributed by atoms with van der Waals surface area (Å²) in [5, 5.41) is 12.9. The maximum absolute atomic E-state index is 12.3. The fourth-order valence-corrected chi connectivity index (χ4v) is 3.46. The molecule has 35 heavy (non-hydrogen) atoms. The van der Waals surface area contributed by atoms with Gasteiger partial charge >= 0.3 is 12.4 Å². The second-order valence-electron chi connectivity index (χ2n) is 8.35. The molecule has 3 rings (SSSR count). The number of amides is 4. The molecule has 2 N–H and O–H groups in total. The van der Waals surface area contributed by atoms with Crippen LogP contribution in [0.3, 0.4) is 0 Å². The first-order valence-electron chi connectivity index (χ1n) is 10.6. The molecule has 9 nitrogen and oxygen atoms in total. The van der Waals surface area contributed by atoms with Crippen LogP contribution < -0.4 is 14.8 Å². The van der Waals surface area contributed by atoms with Crippen LogP contribution in [-0.4, -0.2) is 64.6 Å². The number of carbonyl (C=O) groups excluding carboxylic acids is 3. The number of urea groups is 1. The Bertz CT molecular complexity index is 1060. The van der Waals surface area contributed by atoms with Crippen molar-refractivity contribution < 1.29 is 42.2 Å². The average Bonchev–Trinajstić information content (AvgIpc) is 2.99. The minimum atomic E-state index is -4.76. The fourth-order valence-electron chi connectivity index (χ4n) is 3.46. The van der Waals surface area contributed by atoms with E-state index in [0.717, 1.165) is 4.90 Å². The number of hydrogen-bond donors (Lipinski definition) is 2. The smallest absolute Gasteiger partial charge is 0.491 e. The van der Waals surface area contributed by atoms with Crippen molar-refractivity contribution in [3.05, 3.63) is 48.5 Å². The Labute approximate surface area is 199 Å². The average molecular weight is 495 g/mol. The molecule has 0 saturated carbocycles. The molecule has 0 bridgehead atoms. The fraction of sp³-hybridized carbons (Fsp3) is 0.348. The van der Waals surface area contributed by atoms with E-state index in [1.165, 1.54) is 24.3 Å². The predicted molar refractivity (Wildman–Crippen MR) is 116 cm³/mol. The molecule has 0 spiro atoms. The normalized spacial score (nSPS) is 16.0. The molecule has 1 heterocycles. The number of rotatable bonds is 10. The number of nitrogens with zero attached hydrogens (tertiary/aromatic N) is 2. The van der Waals surface area contributed by atoms with E-state index in [4.69, 9.17) is 4.74 Å². The van der Waals surface area contributed by atoms with Crippen molar-refractivity contribution in [2.45, 2.75) is 38.2 Å². The molecule has 1 unspecified atom stereocenters. The van der Waals surface area contributed by atoms with Crippen LogP contribution in [-0.2, 0) is 9.59 Å². The van der Waals surface area contributed by atoms with Crippen LogP contribution >= 0.6 is 0 Å². The van der Waals surface area contributed by atoms with E-state index in [1.54, 1.807) is 38.1 Å². The van der Waals surface area contributed by atoms with Gasteiger partial charge in [0.05, 0.1) is 6.04 Å². The van der Waals surface area contributed by atoms with Crippen LogP contribution in [0.25, 0.3) is 11.1 Å². The molecule has 4 amide bonds. The first-order valence-corrected chi connectivity index (χ1v) is 10.6. The van der Waals surface area contributed by atoms with Crippen LogP contribution in [0.2, 0.25) is 0 Å². The summed E-state index contributed by atoms with van der Waals surface area (Å²) >= 11 is 0. The van der Waals surface area contributed by atoms with E-state index in [9.17, 15) is 32.8 Å². The maximum Gasteiger partial charge on any atom is 0.573 e. The summed E-state index contributed by atoms with van der Waals surface area (Å²) in [4.78, 5) is 36.4. The number of imide groups is 1. The maximum atomic E-state index is 12.3. The van der Waals surface area contributed by atoms with Gasteiger partial charge in [-0.2, -0.15) is 0 Å². The highest BCUT2D eigenvalue weighted by Crippen LogP contribution is 2.28. The first kappa shape index (κ1) is 25.8. The van der Waals surface area contributed by atoms with Crippen molar-refractivity contribution in [3.63, 3.8) is 0 Å². The highest BCUT2D eigenvalue weighted by atomic mass is 19.4. The molecule has 1 atom stereocenters. The molecule has 188 valence electrons. The zero-order valence-corrected chi connectivity index (χ0v) is 18.9. The summed E-state index contributed by atoms with van der Waals surface area (Å²) in [7, 11) is 0. The van der Waals surface area contributed by atoms with Crippen molar-refractivity contribution in [2.24, 2.45) is 0 Å². The quantitative estimate of drug-likeness (QED) is 0.226. The zero-order valence-electron chi connectivity index (χ0n) is 18.9. The highest BCUT2D eigenvalue weighted by Gasteiger charge is 2.44. The predicted octanol–water partition coefficient (Wildman–Crippen LogP) is 3.57. The van der Waals surface area contributed by atoms with Gasteiger partial charge < -0.3 is 14.8 Å². The second-order valence-corrected chi connectivity index (χ2v) is 8.35. The third-order valence-corrected chi connectivity index (χ3v) is 5.33. The van der Waals surface area contributed by atoms with Crippen molar-refractivity contribution in [3.8, 4) is 22.6 Å².